The van der Waals surface area contributed by atoms with Crippen LogP contribution in [0.2, 0.25) is 0 Å². The minimum absolute atomic E-state index is 0.0203. The first-order valence-electron chi connectivity index (χ1n) is 7.11. The first kappa shape index (κ1) is 15.7. The number of aromatic nitrogens is 2. The maximum atomic E-state index is 11.7. The van der Waals surface area contributed by atoms with E-state index in [4.69, 9.17) is 4.74 Å². The van der Waals surface area contributed by atoms with Crippen LogP contribution in [-0.2, 0) is 16.1 Å². The van der Waals surface area contributed by atoms with Gasteiger partial charge in [0.1, 0.15) is 0 Å². The number of imidazole rings is 1. The van der Waals surface area contributed by atoms with Gasteiger partial charge in [-0.1, -0.05) is 13.8 Å². The molecule has 0 saturated heterocycles. The van der Waals surface area contributed by atoms with Crippen molar-refractivity contribution in [2.45, 2.75) is 52.6 Å². The van der Waals surface area contributed by atoms with Gasteiger partial charge in [-0.25, -0.2) is 4.98 Å². The quantitative estimate of drug-likeness (QED) is 0.697. The van der Waals surface area contributed by atoms with Gasteiger partial charge in [-0.3, -0.25) is 4.79 Å². The molecule has 108 valence electrons. The predicted octanol–water partition coefficient (Wildman–Crippen LogP) is 2.29. The van der Waals surface area contributed by atoms with Gasteiger partial charge in [0.2, 0.25) is 0 Å². The number of nitrogens with one attached hydrogen (secondary N) is 1. The lowest BCUT2D eigenvalue weighted by Gasteiger charge is -2.19. The predicted molar refractivity (Wildman–Crippen MR) is 74.8 cm³/mol. The average molecular weight is 267 g/mol. The van der Waals surface area contributed by atoms with Gasteiger partial charge >= 0.3 is 5.97 Å². The fourth-order valence-electron chi connectivity index (χ4n) is 2.04. The lowest BCUT2D eigenvalue weighted by Crippen LogP contribution is -2.27. The standard InChI is InChI=1S/C14H25N3O2/c1-4-7-16-12(9-14(18)19-6-3)13-10-15-11-17(13)8-5-2/h10-12,16H,4-9H2,1-3H3. The maximum Gasteiger partial charge on any atom is 0.307 e. The Morgan fingerprint density at radius 1 is 1.42 bits per heavy atom. The minimum Gasteiger partial charge on any atom is -0.466 e. The van der Waals surface area contributed by atoms with Crippen molar-refractivity contribution in [3.63, 3.8) is 0 Å². The normalized spacial score (nSPS) is 12.4. The molecule has 0 aromatic carbocycles. The third-order valence-corrected chi connectivity index (χ3v) is 2.88. The van der Waals surface area contributed by atoms with E-state index in [2.05, 4.69) is 28.7 Å². The highest BCUT2D eigenvalue weighted by Crippen LogP contribution is 2.17. The summed E-state index contributed by atoms with van der Waals surface area (Å²) in [5.41, 5.74) is 1.06. The molecule has 0 aliphatic heterocycles. The molecule has 0 aliphatic carbocycles. The van der Waals surface area contributed by atoms with Crippen molar-refractivity contribution in [1.29, 1.82) is 0 Å². The van der Waals surface area contributed by atoms with Crippen LogP contribution in [0.4, 0.5) is 0 Å². The summed E-state index contributed by atoms with van der Waals surface area (Å²) in [5.74, 6) is -0.166. The smallest absolute Gasteiger partial charge is 0.307 e. The topological polar surface area (TPSA) is 56.1 Å². The van der Waals surface area contributed by atoms with Gasteiger partial charge in [-0.05, 0) is 26.3 Å². The number of esters is 1. The van der Waals surface area contributed by atoms with Crippen molar-refractivity contribution in [1.82, 2.24) is 14.9 Å². The van der Waals surface area contributed by atoms with E-state index >= 15 is 0 Å². The second-order valence-corrected chi connectivity index (χ2v) is 4.53. The van der Waals surface area contributed by atoms with Gasteiger partial charge in [0.25, 0.3) is 0 Å². The summed E-state index contributed by atoms with van der Waals surface area (Å²) in [6.07, 6.45) is 6.08. The van der Waals surface area contributed by atoms with Crippen molar-refractivity contribution < 1.29 is 9.53 Å². The third kappa shape index (κ3) is 5.03. The molecular weight excluding hydrogens is 242 g/mol. The van der Waals surface area contributed by atoms with Crippen molar-refractivity contribution in [3.8, 4) is 0 Å². The zero-order valence-electron chi connectivity index (χ0n) is 12.2. The van der Waals surface area contributed by atoms with Crippen molar-refractivity contribution >= 4 is 5.97 Å². The molecule has 0 radical (unpaired) electrons. The number of carbonyl (C=O) groups is 1. The first-order valence-corrected chi connectivity index (χ1v) is 7.11. The second-order valence-electron chi connectivity index (χ2n) is 4.53. The molecule has 1 heterocycles. The van der Waals surface area contributed by atoms with Crippen LogP contribution in [0.5, 0.6) is 0 Å². The summed E-state index contributed by atoms with van der Waals surface area (Å²) in [7, 11) is 0. The van der Waals surface area contributed by atoms with Crippen LogP contribution in [0.15, 0.2) is 12.5 Å². The number of ether oxygens (including phenoxy) is 1. The van der Waals surface area contributed by atoms with Crippen molar-refractivity contribution in [2.24, 2.45) is 0 Å². The lowest BCUT2D eigenvalue weighted by molar-refractivity contribution is -0.143. The zero-order chi connectivity index (χ0) is 14.1. The molecule has 1 unspecified atom stereocenters. The SMILES string of the molecule is CCCNC(CC(=O)OCC)c1cncn1CCC. The van der Waals surface area contributed by atoms with Crippen LogP contribution in [0, 0.1) is 0 Å². The van der Waals surface area contributed by atoms with Gasteiger partial charge in [-0.2, -0.15) is 0 Å². The van der Waals surface area contributed by atoms with Crippen LogP contribution in [0.1, 0.15) is 51.8 Å². The molecule has 1 aromatic rings. The number of aryl methyl sites for hydroxylation is 1. The molecule has 0 bridgehead atoms. The van der Waals surface area contributed by atoms with E-state index in [0.717, 1.165) is 31.6 Å². The fraction of sp³-hybridized carbons (Fsp3) is 0.714. The molecule has 0 saturated carbocycles. The summed E-state index contributed by atoms with van der Waals surface area (Å²) in [4.78, 5) is 15.9. The molecule has 1 atom stereocenters. The van der Waals surface area contributed by atoms with Crippen molar-refractivity contribution in [3.05, 3.63) is 18.2 Å². The molecular formula is C14H25N3O2. The molecule has 0 fully saturated rings. The Morgan fingerprint density at radius 2 is 2.21 bits per heavy atom. The van der Waals surface area contributed by atoms with Crippen LogP contribution < -0.4 is 5.32 Å². The molecule has 5 heteroatoms. The minimum atomic E-state index is -0.166. The summed E-state index contributed by atoms with van der Waals surface area (Å²) in [5, 5.41) is 3.40. The zero-order valence-corrected chi connectivity index (χ0v) is 12.2. The Balaban J connectivity index is 2.76. The maximum absolute atomic E-state index is 11.7. The van der Waals surface area contributed by atoms with Gasteiger partial charge in [0, 0.05) is 12.7 Å². The molecule has 0 aliphatic rings. The van der Waals surface area contributed by atoms with E-state index in [1.54, 1.807) is 0 Å². The Labute approximate surface area is 115 Å². The van der Waals surface area contributed by atoms with Gasteiger partial charge < -0.3 is 14.6 Å². The molecule has 0 spiro atoms. The van der Waals surface area contributed by atoms with E-state index in [9.17, 15) is 4.79 Å². The second kappa shape index (κ2) is 8.69. The van der Waals surface area contributed by atoms with Crippen molar-refractivity contribution in [2.75, 3.05) is 13.2 Å². The van der Waals surface area contributed by atoms with Gasteiger partial charge in [-0.15, -0.1) is 0 Å². The fourth-order valence-corrected chi connectivity index (χ4v) is 2.04. The number of hydrogen-bond acceptors (Lipinski definition) is 4. The number of rotatable bonds is 9. The number of nitrogens with zero attached hydrogens (tertiary/aromatic N) is 2. The number of hydrogen-bond donors (Lipinski definition) is 1. The monoisotopic (exact) mass is 267 g/mol. The Kier molecular flexibility index (Phi) is 7.18. The third-order valence-electron chi connectivity index (χ3n) is 2.88. The van der Waals surface area contributed by atoms with E-state index < -0.39 is 0 Å². The van der Waals surface area contributed by atoms with E-state index in [1.165, 1.54) is 0 Å². The largest absolute Gasteiger partial charge is 0.466 e. The van der Waals surface area contributed by atoms with Gasteiger partial charge in [0.05, 0.1) is 31.1 Å². The van der Waals surface area contributed by atoms with Crippen LogP contribution >= 0.6 is 0 Å². The Bertz CT molecular complexity index is 377. The highest BCUT2D eigenvalue weighted by molar-refractivity contribution is 5.70. The van der Waals surface area contributed by atoms with Crippen LogP contribution in [0.25, 0.3) is 0 Å². The molecule has 1 N–H and O–H groups in total. The Morgan fingerprint density at radius 3 is 2.84 bits per heavy atom. The first-order chi connectivity index (χ1) is 9.22. The summed E-state index contributed by atoms with van der Waals surface area (Å²) in [6.45, 7) is 8.28. The average Bonchev–Trinajstić information content (AvgIpc) is 2.83. The van der Waals surface area contributed by atoms with E-state index in [-0.39, 0.29) is 12.0 Å². The highest BCUT2D eigenvalue weighted by atomic mass is 16.5. The Hall–Kier alpha value is -1.36. The molecule has 1 rings (SSSR count). The molecule has 1 aromatic heterocycles. The lowest BCUT2D eigenvalue weighted by atomic mass is 10.1. The van der Waals surface area contributed by atoms with Crippen LogP contribution in [0.3, 0.4) is 0 Å². The van der Waals surface area contributed by atoms with Gasteiger partial charge in [0.15, 0.2) is 0 Å². The molecule has 0 amide bonds. The summed E-state index contributed by atoms with van der Waals surface area (Å²) >= 11 is 0. The van der Waals surface area contributed by atoms with E-state index in [0.29, 0.717) is 13.0 Å². The highest BCUT2D eigenvalue weighted by Gasteiger charge is 2.19. The molecule has 5 nitrogen and oxygen atoms in total. The van der Waals surface area contributed by atoms with E-state index in [1.807, 2.05) is 19.4 Å². The summed E-state index contributed by atoms with van der Waals surface area (Å²) < 4.78 is 7.15. The van der Waals surface area contributed by atoms with Crippen LogP contribution in [-0.4, -0.2) is 28.7 Å². The summed E-state index contributed by atoms with van der Waals surface area (Å²) in [6, 6.07) is -0.0203. The molecule has 19 heavy (non-hydrogen) atoms. The number of carbonyl (C=O) groups excluding carboxylic acids is 1.